The zero-order valence-corrected chi connectivity index (χ0v) is 17.1. The minimum Gasteiger partial charge on any atom is -0.462 e. The number of esters is 1. The van der Waals surface area contributed by atoms with Crippen LogP contribution in [0.1, 0.15) is 45.1 Å². The van der Waals surface area contributed by atoms with E-state index in [1.165, 1.54) is 5.69 Å². The number of hydrogen-bond donors (Lipinski definition) is 0. The summed E-state index contributed by atoms with van der Waals surface area (Å²) in [6.07, 6.45) is 3.73. The summed E-state index contributed by atoms with van der Waals surface area (Å²) in [6.45, 7) is 9.73. The lowest BCUT2D eigenvalue weighted by atomic mass is 9.79. The van der Waals surface area contributed by atoms with E-state index in [2.05, 4.69) is 41.8 Å². The minimum absolute atomic E-state index is 0.0267. The Balaban J connectivity index is 1.26. The third-order valence-electron chi connectivity index (χ3n) is 7.37. The number of hydrogen-bond acceptors (Lipinski definition) is 5. The van der Waals surface area contributed by atoms with Crippen LogP contribution in [0.2, 0.25) is 0 Å². The van der Waals surface area contributed by atoms with Gasteiger partial charge in [-0.15, -0.1) is 0 Å². The van der Waals surface area contributed by atoms with Crippen molar-refractivity contribution in [2.75, 3.05) is 37.6 Å². The summed E-state index contributed by atoms with van der Waals surface area (Å²) in [5, 5.41) is 8.96. The van der Waals surface area contributed by atoms with Crippen molar-refractivity contribution < 1.29 is 9.53 Å². The molecule has 1 aromatic rings. The van der Waals surface area contributed by atoms with Crippen LogP contribution in [-0.4, -0.2) is 49.7 Å². The van der Waals surface area contributed by atoms with Crippen LogP contribution in [0.25, 0.3) is 0 Å². The zero-order valence-electron chi connectivity index (χ0n) is 17.1. The molecule has 1 aromatic carbocycles. The number of benzene rings is 1. The summed E-state index contributed by atoms with van der Waals surface area (Å²) < 4.78 is 5.71. The Morgan fingerprint density at radius 3 is 2.29 bits per heavy atom. The van der Waals surface area contributed by atoms with E-state index in [1.54, 1.807) is 0 Å². The van der Waals surface area contributed by atoms with Gasteiger partial charge in [0.2, 0.25) is 0 Å². The second-order valence-corrected chi connectivity index (χ2v) is 8.85. The molecule has 0 N–H and O–H groups in total. The summed E-state index contributed by atoms with van der Waals surface area (Å²) in [5.41, 5.74) is 1.72. The van der Waals surface area contributed by atoms with Crippen LogP contribution >= 0.6 is 0 Å². The van der Waals surface area contributed by atoms with Gasteiger partial charge in [-0.1, -0.05) is 13.8 Å². The van der Waals surface area contributed by atoms with Crippen molar-refractivity contribution >= 4 is 11.7 Å². The molecule has 5 heteroatoms. The smallest absolute Gasteiger partial charge is 0.312 e. The molecule has 3 saturated heterocycles. The molecule has 3 fully saturated rings. The first-order valence-electron chi connectivity index (χ1n) is 10.8. The molecule has 0 aromatic heterocycles. The fourth-order valence-electron chi connectivity index (χ4n) is 5.38. The van der Waals surface area contributed by atoms with Gasteiger partial charge in [-0.2, -0.15) is 5.26 Å². The van der Waals surface area contributed by atoms with Gasteiger partial charge in [0.25, 0.3) is 0 Å². The maximum absolute atomic E-state index is 12.3. The van der Waals surface area contributed by atoms with Crippen molar-refractivity contribution in [2.24, 2.45) is 17.3 Å². The molecule has 0 radical (unpaired) electrons. The molecule has 0 unspecified atom stereocenters. The second-order valence-electron chi connectivity index (χ2n) is 8.85. The third-order valence-corrected chi connectivity index (χ3v) is 7.37. The first-order valence-corrected chi connectivity index (χ1v) is 10.8. The molecule has 0 aliphatic carbocycles. The lowest BCUT2D eigenvalue weighted by molar-refractivity contribution is -0.149. The molecule has 3 aliphatic heterocycles. The average molecular weight is 382 g/mol. The molecule has 3 aliphatic rings. The Morgan fingerprint density at radius 2 is 1.75 bits per heavy atom. The Hall–Kier alpha value is -2.06. The normalized spacial score (nSPS) is 29.0. The van der Waals surface area contributed by atoms with Crippen LogP contribution in [0.15, 0.2) is 24.3 Å². The minimum atomic E-state index is -0.228. The van der Waals surface area contributed by atoms with Crippen LogP contribution in [0.4, 0.5) is 5.69 Å². The van der Waals surface area contributed by atoms with Gasteiger partial charge in [-0.05, 0) is 55.4 Å². The predicted octanol–water partition coefficient (Wildman–Crippen LogP) is 3.44. The first-order chi connectivity index (χ1) is 13.6. The highest BCUT2D eigenvalue weighted by atomic mass is 16.6. The van der Waals surface area contributed by atoms with E-state index in [0.29, 0.717) is 11.8 Å². The average Bonchev–Trinajstić information content (AvgIpc) is 3.37. The molecule has 0 amide bonds. The van der Waals surface area contributed by atoms with E-state index >= 15 is 0 Å². The van der Waals surface area contributed by atoms with Crippen molar-refractivity contribution in [1.82, 2.24) is 4.90 Å². The van der Waals surface area contributed by atoms with E-state index < -0.39 is 0 Å². The molecule has 0 bridgehead atoms. The SMILES string of the molecule is CCC1(CC)C[C@@H](CCN2C[C@H]3CN(c4ccc(C#N)cc4)C[C@@H]3C2)OC1=O. The maximum atomic E-state index is 12.3. The van der Waals surface area contributed by atoms with Gasteiger partial charge < -0.3 is 14.5 Å². The molecule has 5 nitrogen and oxygen atoms in total. The number of cyclic esters (lactones) is 1. The molecule has 0 saturated carbocycles. The molecule has 3 atom stereocenters. The Bertz CT molecular complexity index is 736. The van der Waals surface area contributed by atoms with Gasteiger partial charge in [0.1, 0.15) is 6.10 Å². The summed E-state index contributed by atoms with van der Waals surface area (Å²) in [6, 6.07) is 10.1. The van der Waals surface area contributed by atoms with Crippen molar-refractivity contribution in [3.63, 3.8) is 0 Å². The second kappa shape index (κ2) is 7.75. The largest absolute Gasteiger partial charge is 0.462 e. The van der Waals surface area contributed by atoms with Crippen LogP contribution in [-0.2, 0) is 9.53 Å². The fourth-order valence-corrected chi connectivity index (χ4v) is 5.38. The summed E-state index contributed by atoms with van der Waals surface area (Å²) in [5.74, 6) is 1.46. The molecule has 4 rings (SSSR count). The summed E-state index contributed by atoms with van der Waals surface area (Å²) >= 11 is 0. The monoisotopic (exact) mass is 381 g/mol. The highest BCUT2D eigenvalue weighted by Crippen LogP contribution is 2.41. The molecule has 28 heavy (non-hydrogen) atoms. The number of carbonyl (C=O) groups excluding carboxylic acids is 1. The molecule has 150 valence electrons. The predicted molar refractivity (Wildman–Crippen MR) is 109 cm³/mol. The van der Waals surface area contributed by atoms with Gasteiger partial charge >= 0.3 is 5.97 Å². The van der Waals surface area contributed by atoms with E-state index in [9.17, 15) is 4.79 Å². The number of anilines is 1. The number of likely N-dealkylation sites (tertiary alicyclic amines) is 1. The van der Waals surface area contributed by atoms with Crippen molar-refractivity contribution in [3.05, 3.63) is 29.8 Å². The van der Waals surface area contributed by atoms with Crippen molar-refractivity contribution in [3.8, 4) is 6.07 Å². The molecular formula is C23H31N3O2. The van der Waals surface area contributed by atoms with Gasteiger partial charge in [-0.25, -0.2) is 0 Å². The highest BCUT2D eigenvalue weighted by Gasteiger charge is 2.46. The van der Waals surface area contributed by atoms with Gasteiger partial charge in [0.05, 0.1) is 17.0 Å². The van der Waals surface area contributed by atoms with E-state index in [4.69, 9.17) is 10.00 Å². The number of nitrogens with zero attached hydrogens (tertiary/aromatic N) is 3. The number of fused-ring (bicyclic) bond motifs is 1. The van der Waals surface area contributed by atoms with Gasteiger partial charge in [0.15, 0.2) is 0 Å². The topological polar surface area (TPSA) is 56.6 Å². The van der Waals surface area contributed by atoms with Gasteiger partial charge in [-0.3, -0.25) is 4.79 Å². The highest BCUT2D eigenvalue weighted by molar-refractivity contribution is 5.78. The van der Waals surface area contributed by atoms with Crippen LogP contribution in [0, 0.1) is 28.6 Å². The molecular weight excluding hydrogens is 350 g/mol. The van der Waals surface area contributed by atoms with Crippen LogP contribution < -0.4 is 4.90 Å². The van der Waals surface area contributed by atoms with Crippen LogP contribution in [0.3, 0.4) is 0 Å². The molecule has 3 heterocycles. The lowest BCUT2D eigenvalue weighted by Crippen LogP contribution is -2.30. The Labute approximate surface area is 168 Å². The quantitative estimate of drug-likeness (QED) is 0.707. The zero-order chi connectivity index (χ0) is 19.7. The maximum Gasteiger partial charge on any atom is 0.312 e. The number of rotatable bonds is 6. The number of carbonyl (C=O) groups is 1. The van der Waals surface area contributed by atoms with Crippen LogP contribution in [0.5, 0.6) is 0 Å². The standard InChI is InChI=1S/C23H31N3O2/c1-3-23(4-2)11-21(28-22(23)27)9-10-25-13-18-15-26(16-19(18)14-25)20-7-5-17(12-24)6-8-20/h5-8,18-19,21H,3-4,9-11,13-16H2,1-2H3/t18-,19-,21+/m0/s1. The van der Waals surface area contributed by atoms with E-state index in [0.717, 1.165) is 64.0 Å². The Morgan fingerprint density at radius 1 is 1.11 bits per heavy atom. The van der Waals surface area contributed by atoms with E-state index in [-0.39, 0.29) is 17.5 Å². The first kappa shape index (κ1) is 19.3. The third kappa shape index (κ3) is 3.51. The van der Waals surface area contributed by atoms with Gasteiger partial charge in [0, 0.05) is 44.8 Å². The summed E-state index contributed by atoms with van der Waals surface area (Å²) in [7, 11) is 0. The molecule has 0 spiro atoms. The number of ether oxygens (including phenoxy) is 1. The Kier molecular flexibility index (Phi) is 5.33. The van der Waals surface area contributed by atoms with Crippen molar-refractivity contribution in [2.45, 2.75) is 45.6 Å². The summed E-state index contributed by atoms with van der Waals surface area (Å²) in [4.78, 5) is 17.3. The lowest BCUT2D eigenvalue weighted by Gasteiger charge is -2.24. The van der Waals surface area contributed by atoms with E-state index in [1.807, 2.05) is 12.1 Å². The van der Waals surface area contributed by atoms with Crippen molar-refractivity contribution in [1.29, 1.82) is 5.26 Å². The number of nitriles is 1. The fraction of sp³-hybridized carbons (Fsp3) is 0.652.